The zero-order valence-electron chi connectivity index (χ0n) is 15.7. The molecule has 0 aliphatic rings. The van der Waals surface area contributed by atoms with Crippen molar-refractivity contribution in [3.63, 3.8) is 0 Å². The second-order valence-corrected chi connectivity index (χ2v) is 8.94. The summed E-state index contributed by atoms with van der Waals surface area (Å²) in [7, 11) is 0. The number of aromatic hydroxyl groups is 1. The van der Waals surface area contributed by atoms with Crippen LogP contribution in [-0.2, 0) is 0 Å². The van der Waals surface area contributed by atoms with Crippen LogP contribution >= 0.6 is 22.7 Å². The maximum absolute atomic E-state index is 13.3. The number of nitrogens with two attached hydrogens (primary N) is 1. The van der Waals surface area contributed by atoms with Crippen molar-refractivity contribution in [2.24, 2.45) is 0 Å². The Bertz CT molecular complexity index is 1370. The molecule has 0 fully saturated rings. The van der Waals surface area contributed by atoms with Crippen LogP contribution in [0.15, 0.2) is 79.0 Å². The number of nitrogen functional groups attached to an aromatic ring is 1. The fourth-order valence-electron chi connectivity index (χ4n) is 3.45. The van der Waals surface area contributed by atoms with E-state index in [1.165, 1.54) is 22.7 Å². The van der Waals surface area contributed by atoms with Crippen LogP contribution < -0.4 is 5.73 Å². The van der Waals surface area contributed by atoms with Crippen molar-refractivity contribution in [2.75, 3.05) is 5.73 Å². The molecule has 0 saturated carbocycles. The van der Waals surface area contributed by atoms with Gasteiger partial charge in [0.25, 0.3) is 0 Å². The normalized spacial score (nSPS) is 11.1. The Hall–Kier alpha value is -3.48. The number of thiophene rings is 1. The van der Waals surface area contributed by atoms with Gasteiger partial charge in [0.05, 0.1) is 11.1 Å². The van der Waals surface area contributed by atoms with Crippen LogP contribution in [0.3, 0.4) is 0 Å². The van der Waals surface area contributed by atoms with Crippen LogP contribution in [0.4, 0.5) is 5.00 Å². The second kappa shape index (κ2) is 7.40. The monoisotopic (exact) mass is 428 g/mol. The van der Waals surface area contributed by atoms with Gasteiger partial charge in [-0.25, -0.2) is 4.98 Å². The molecular weight excluding hydrogens is 412 g/mol. The highest BCUT2D eigenvalue weighted by atomic mass is 32.1. The first-order chi connectivity index (χ1) is 14.6. The van der Waals surface area contributed by atoms with Gasteiger partial charge >= 0.3 is 0 Å². The lowest BCUT2D eigenvalue weighted by Gasteiger charge is -2.06. The van der Waals surface area contributed by atoms with Gasteiger partial charge in [-0.2, -0.15) is 0 Å². The summed E-state index contributed by atoms with van der Waals surface area (Å²) in [5.41, 5.74) is 9.26. The molecule has 4 nitrogen and oxygen atoms in total. The summed E-state index contributed by atoms with van der Waals surface area (Å²) in [4.78, 5) is 18.3. The largest absolute Gasteiger partial charge is 0.508 e. The van der Waals surface area contributed by atoms with Crippen molar-refractivity contribution in [1.82, 2.24) is 4.98 Å². The van der Waals surface area contributed by atoms with E-state index in [4.69, 9.17) is 5.73 Å². The highest BCUT2D eigenvalue weighted by Gasteiger charge is 2.21. The summed E-state index contributed by atoms with van der Waals surface area (Å²) in [5, 5.41) is 12.4. The zero-order chi connectivity index (χ0) is 20.7. The number of hydrogen-bond donors (Lipinski definition) is 2. The number of carbonyl (C=O) groups excluding carboxylic acids is 1. The molecule has 0 unspecified atom stereocenters. The Morgan fingerprint density at radius 1 is 0.900 bits per heavy atom. The molecule has 0 saturated heterocycles. The SMILES string of the molecule is Nc1cnc(-c2ccc(-c3c(C(=O)c4ccccc4)sc4cc(O)ccc34)cc2)s1. The van der Waals surface area contributed by atoms with E-state index in [-0.39, 0.29) is 11.5 Å². The quantitative estimate of drug-likeness (QED) is 0.334. The molecule has 0 spiro atoms. The molecule has 0 aliphatic heterocycles. The van der Waals surface area contributed by atoms with E-state index in [9.17, 15) is 9.90 Å². The molecule has 30 heavy (non-hydrogen) atoms. The van der Waals surface area contributed by atoms with E-state index in [0.29, 0.717) is 15.4 Å². The minimum atomic E-state index is -0.0249. The third-order valence-corrected chi connectivity index (χ3v) is 6.89. The van der Waals surface area contributed by atoms with Crippen molar-refractivity contribution in [2.45, 2.75) is 0 Å². The number of hydrogen-bond acceptors (Lipinski definition) is 6. The number of thiazole rings is 1. The molecule has 2 aromatic heterocycles. The van der Waals surface area contributed by atoms with Crippen LogP contribution in [-0.4, -0.2) is 15.9 Å². The van der Waals surface area contributed by atoms with Crippen LogP contribution in [0.1, 0.15) is 15.2 Å². The fourth-order valence-corrected chi connectivity index (χ4v) is 5.36. The van der Waals surface area contributed by atoms with Crippen LogP contribution in [0, 0.1) is 0 Å². The molecule has 0 aliphatic carbocycles. The van der Waals surface area contributed by atoms with E-state index in [0.717, 1.165) is 31.8 Å². The number of phenolic OH excluding ortho intramolecular Hbond substituents is 1. The van der Waals surface area contributed by atoms with Crippen LogP contribution in [0.2, 0.25) is 0 Å². The highest BCUT2D eigenvalue weighted by molar-refractivity contribution is 7.21. The maximum Gasteiger partial charge on any atom is 0.203 e. The summed E-state index contributed by atoms with van der Waals surface area (Å²) in [6, 6.07) is 22.5. The third-order valence-electron chi connectivity index (χ3n) is 4.86. The molecule has 2 heterocycles. The lowest BCUT2D eigenvalue weighted by Crippen LogP contribution is -2.00. The molecule has 0 atom stereocenters. The summed E-state index contributed by atoms with van der Waals surface area (Å²) >= 11 is 2.84. The molecule has 3 aromatic carbocycles. The third kappa shape index (κ3) is 3.26. The van der Waals surface area contributed by atoms with Gasteiger partial charge in [0.15, 0.2) is 0 Å². The molecule has 0 bridgehead atoms. The minimum absolute atomic E-state index is 0.0249. The van der Waals surface area contributed by atoms with Crippen molar-refractivity contribution in [1.29, 1.82) is 0 Å². The molecule has 5 aromatic rings. The standard InChI is InChI=1S/C24H16N2O2S2/c25-20-13-26-24(30-20)16-8-6-14(7-9-16)21-18-11-10-17(27)12-19(18)29-23(21)22(28)15-4-2-1-3-5-15/h1-13,27H,25H2. The van der Waals surface area contributed by atoms with Gasteiger partial charge in [0, 0.05) is 26.8 Å². The zero-order valence-corrected chi connectivity index (χ0v) is 17.3. The van der Waals surface area contributed by atoms with Gasteiger partial charge in [-0.15, -0.1) is 11.3 Å². The summed E-state index contributed by atoms with van der Waals surface area (Å²) in [5.74, 6) is 0.161. The smallest absolute Gasteiger partial charge is 0.203 e. The Balaban J connectivity index is 1.66. The second-order valence-electron chi connectivity index (χ2n) is 6.83. The number of carbonyl (C=O) groups is 1. The Morgan fingerprint density at radius 2 is 1.63 bits per heavy atom. The number of nitrogens with zero attached hydrogens (tertiary/aromatic N) is 1. The molecular formula is C24H16N2O2S2. The fraction of sp³-hybridized carbons (Fsp3) is 0. The summed E-state index contributed by atoms with van der Waals surface area (Å²) in [6.07, 6.45) is 1.66. The van der Waals surface area contributed by atoms with E-state index in [2.05, 4.69) is 4.98 Å². The van der Waals surface area contributed by atoms with Crippen molar-refractivity contribution >= 4 is 43.5 Å². The Labute approximate surface area is 180 Å². The topological polar surface area (TPSA) is 76.2 Å². The molecule has 3 N–H and O–H groups in total. The number of anilines is 1. The van der Waals surface area contributed by atoms with Crippen molar-refractivity contribution in [3.8, 4) is 27.4 Å². The lowest BCUT2D eigenvalue weighted by molar-refractivity contribution is 0.104. The van der Waals surface area contributed by atoms with E-state index < -0.39 is 0 Å². The van der Waals surface area contributed by atoms with Gasteiger partial charge in [0.1, 0.15) is 15.8 Å². The van der Waals surface area contributed by atoms with Gasteiger partial charge in [0.2, 0.25) is 5.78 Å². The molecule has 5 rings (SSSR count). The maximum atomic E-state index is 13.3. The van der Waals surface area contributed by atoms with Crippen molar-refractivity contribution < 1.29 is 9.90 Å². The van der Waals surface area contributed by atoms with Gasteiger partial charge < -0.3 is 10.8 Å². The van der Waals surface area contributed by atoms with Gasteiger partial charge in [-0.3, -0.25) is 4.79 Å². The van der Waals surface area contributed by atoms with Gasteiger partial charge in [-0.05, 0) is 23.8 Å². The number of rotatable bonds is 4. The Kier molecular flexibility index (Phi) is 4.58. The lowest BCUT2D eigenvalue weighted by atomic mass is 9.97. The predicted octanol–water partition coefficient (Wildman–Crippen LogP) is 6.21. The average Bonchev–Trinajstić information content (AvgIpc) is 3.37. The Morgan fingerprint density at radius 3 is 2.33 bits per heavy atom. The first-order valence-electron chi connectivity index (χ1n) is 9.27. The average molecular weight is 429 g/mol. The molecule has 6 heteroatoms. The van der Waals surface area contributed by atoms with E-state index >= 15 is 0 Å². The predicted molar refractivity (Wildman–Crippen MR) is 124 cm³/mol. The highest BCUT2D eigenvalue weighted by Crippen LogP contribution is 2.42. The van der Waals surface area contributed by atoms with E-state index in [1.807, 2.05) is 60.7 Å². The molecule has 0 radical (unpaired) electrons. The van der Waals surface area contributed by atoms with Crippen LogP contribution in [0.25, 0.3) is 31.8 Å². The number of phenols is 1. The number of fused-ring (bicyclic) bond motifs is 1. The molecule has 0 amide bonds. The number of aromatic nitrogens is 1. The minimum Gasteiger partial charge on any atom is -0.508 e. The molecule has 146 valence electrons. The van der Waals surface area contributed by atoms with Crippen LogP contribution in [0.5, 0.6) is 5.75 Å². The van der Waals surface area contributed by atoms with E-state index in [1.54, 1.807) is 18.3 Å². The summed E-state index contributed by atoms with van der Waals surface area (Å²) in [6.45, 7) is 0. The first kappa shape index (κ1) is 18.5. The van der Waals surface area contributed by atoms with Gasteiger partial charge in [-0.1, -0.05) is 65.9 Å². The first-order valence-corrected chi connectivity index (χ1v) is 10.9. The number of ketones is 1. The summed E-state index contributed by atoms with van der Waals surface area (Å²) < 4.78 is 0.876. The number of benzene rings is 3. The van der Waals surface area contributed by atoms with Crippen molar-refractivity contribution in [3.05, 3.63) is 89.4 Å².